The molecule has 1 N–H and O–H groups in total. The number of hydrogen-bond donors (Lipinski definition) is 1. The van der Waals surface area contributed by atoms with Gasteiger partial charge in [-0.3, -0.25) is 0 Å². The predicted molar refractivity (Wildman–Crippen MR) is 108 cm³/mol. The second-order valence-corrected chi connectivity index (χ2v) is 8.25. The fourth-order valence-corrected chi connectivity index (χ4v) is 4.62. The lowest BCUT2D eigenvalue weighted by Crippen LogP contribution is -2.29. The van der Waals surface area contributed by atoms with Gasteiger partial charge in [-0.05, 0) is 81.3 Å². The number of carbonyl (C=O) groups is 1. The van der Waals surface area contributed by atoms with Crippen LogP contribution in [0.4, 0.5) is 0 Å². The number of rotatable bonds is 4. The van der Waals surface area contributed by atoms with E-state index in [0.29, 0.717) is 12.8 Å². The Hall–Kier alpha value is -2.13. The monoisotopic (exact) mass is 366 g/mol. The molecule has 3 atom stereocenters. The highest BCUT2D eigenvalue weighted by Gasteiger charge is 2.44. The number of cyclic esters (lactones) is 1. The number of aliphatic hydroxyl groups excluding tert-OH is 1. The molecule has 27 heavy (non-hydrogen) atoms. The number of benzene rings is 2. The second kappa shape index (κ2) is 7.47. The summed E-state index contributed by atoms with van der Waals surface area (Å²) >= 11 is 0. The zero-order chi connectivity index (χ0) is 19.9. The minimum Gasteiger partial charge on any atom is -0.460 e. The first-order valence-electron chi connectivity index (χ1n) is 9.69. The number of esters is 1. The molecule has 1 heterocycles. The molecular weight excluding hydrogens is 336 g/mol. The topological polar surface area (TPSA) is 46.5 Å². The molecular formula is C24H30O3. The van der Waals surface area contributed by atoms with E-state index in [9.17, 15) is 9.90 Å². The average molecular weight is 367 g/mol. The van der Waals surface area contributed by atoms with Gasteiger partial charge in [0, 0.05) is 12.3 Å². The highest BCUT2D eigenvalue weighted by Crippen LogP contribution is 2.32. The van der Waals surface area contributed by atoms with Crippen LogP contribution >= 0.6 is 0 Å². The van der Waals surface area contributed by atoms with Crippen LogP contribution in [-0.2, 0) is 22.4 Å². The van der Waals surface area contributed by atoms with Gasteiger partial charge in [-0.15, -0.1) is 0 Å². The van der Waals surface area contributed by atoms with Crippen molar-refractivity contribution in [2.75, 3.05) is 0 Å². The van der Waals surface area contributed by atoms with E-state index in [0.717, 1.165) is 0 Å². The summed E-state index contributed by atoms with van der Waals surface area (Å²) in [4.78, 5) is 12.2. The first-order chi connectivity index (χ1) is 12.7. The molecule has 0 spiro atoms. The summed E-state index contributed by atoms with van der Waals surface area (Å²) in [5, 5.41) is 10.5. The van der Waals surface area contributed by atoms with Gasteiger partial charge >= 0.3 is 5.97 Å². The summed E-state index contributed by atoms with van der Waals surface area (Å²) in [5.41, 5.74) is 9.74. The highest BCUT2D eigenvalue weighted by molar-refractivity contribution is 5.77. The molecule has 1 aliphatic rings. The van der Waals surface area contributed by atoms with Crippen molar-refractivity contribution >= 4 is 5.97 Å². The average Bonchev–Trinajstić information content (AvgIpc) is 2.81. The van der Waals surface area contributed by atoms with Crippen molar-refractivity contribution in [2.24, 2.45) is 5.92 Å². The number of hydrogen-bond acceptors (Lipinski definition) is 3. The van der Waals surface area contributed by atoms with Crippen molar-refractivity contribution in [3.8, 4) is 0 Å². The number of ether oxygens (including phenoxy) is 1. The molecule has 1 saturated heterocycles. The van der Waals surface area contributed by atoms with Crippen LogP contribution in [0.15, 0.2) is 24.3 Å². The molecule has 0 saturated carbocycles. The zero-order valence-electron chi connectivity index (χ0n) is 17.2. The Morgan fingerprint density at radius 1 is 0.778 bits per heavy atom. The Morgan fingerprint density at radius 3 is 1.63 bits per heavy atom. The molecule has 1 unspecified atom stereocenters. The third kappa shape index (κ3) is 3.93. The summed E-state index contributed by atoms with van der Waals surface area (Å²) in [6.07, 6.45) is -0.0525. The van der Waals surface area contributed by atoms with Crippen LogP contribution in [0.5, 0.6) is 0 Å². The lowest BCUT2D eigenvalue weighted by atomic mass is 9.83. The maximum absolute atomic E-state index is 12.2. The van der Waals surface area contributed by atoms with Gasteiger partial charge in [-0.2, -0.15) is 0 Å². The van der Waals surface area contributed by atoms with E-state index in [1.807, 2.05) is 0 Å². The quantitative estimate of drug-likeness (QED) is 0.824. The largest absolute Gasteiger partial charge is 0.460 e. The minimum absolute atomic E-state index is 0.224. The van der Waals surface area contributed by atoms with Crippen molar-refractivity contribution in [2.45, 2.75) is 66.6 Å². The van der Waals surface area contributed by atoms with Crippen LogP contribution in [0.1, 0.15) is 44.5 Å². The van der Waals surface area contributed by atoms with Gasteiger partial charge in [-0.25, -0.2) is 4.79 Å². The molecule has 3 heteroatoms. The van der Waals surface area contributed by atoms with E-state index >= 15 is 0 Å². The summed E-state index contributed by atoms with van der Waals surface area (Å²) < 4.78 is 5.62. The third-order valence-electron chi connectivity index (χ3n) is 5.92. The van der Waals surface area contributed by atoms with E-state index in [1.54, 1.807) is 0 Å². The molecule has 0 aliphatic carbocycles. The first kappa shape index (κ1) is 19.6. The van der Waals surface area contributed by atoms with Gasteiger partial charge in [0.25, 0.3) is 0 Å². The number of carbonyl (C=O) groups excluding carboxylic acids is 1. The molecule has 1 fully saturated rings. The SMILES string of the molecule is Cc1cc(C)c(CC2[C@H](O)C(=O)O[C@@H]2Cc2c(C)cc(C)cc2C)c(C)c1. The van der Waals surface area contributed by atoms with Crippen molar-refractivity contribution < 1.29 is 14.6 Å². The summed E-state index contributed by atoms with van der Waals surface area (Å²) in [5.74, 6) is -0.715. The fraction of sp³-hybridized carbons (Fsp3) is 0.458. The fourth-order valence-electron chi connectivity index (χ4n) is 4.62. The lowest BCUT2D eigenvalue weighted by molar-refractivity contribution is -0.147. The van der Waals surface area contributed by atoms with E-state index in [1.165, 1.54) is 44.5 Å². The molecule has 144 valence electrons. The van der Waals surface area contributed by atoms with Gasteiger partial charge < -0.3 is 9.84 Å². The molecule has 0 aromatic heterocycles. The van der Waals surface area contributed by atoms with Gasteiger partial charge in [0.05, 0.1) is 0 Å². The molecule has 1 aliphatic heterocycles. The van der Waals surface area contributed by atoms with Crippen molar-refractivity contribution in [3.05, 3.63) is 68.8 Å². The van der Waals surface area contributed by atoms with Crippen molar-refractivity contribution in [1.82, 2.24) is 0 Å². The molecule has 2 aromatic rings. The van der Waals surface area contributed by atoms with Gasteiger partial charge in [0.15, 0.2) is 6.10 Å². The smallest absolute Gasteiger partial charge is 0.335 e. The Balaban J connectivity index is 1.91. The third-order valence-corrected chi connectivity index (χ3v) is 5.92. The maximum Gasteiger partial charge on any atom is 0.335 e. The summed E-state index contributed by atoms with van der Waals surface area (Å²) in [6.45, 7) is 12.6. The van der Waals surface area contributed by atoms with Gasteiger partial charge in [0.1, 0.15) is 6.10 Å². The van der Waals surface area contributed by atoms with E-state index in [4.69, 9.17) is 4.74 Å². The summed E-state index contributed by atoms with van der Waals surface area (Å²) in [6, 6.07) is 8.66. The molecule has 3 nitrogen and oxygen atoms in total. The van der Waals surface area contributed by atoms with E-state index in [2.05, 4.69) is 65.8 Å². The molecule has 0 amide bonds. The molecule has 2 aromatic carbocycles. The second-order valence-electron chi connectivity index (χ2n) is 8.25. The van der Waals surface area contributed by atoms with Crippen LogP contribution in [0.2, 0.25) is 0 Å². The van der Waals surface area contributed by atoms with Gasteiger partial charge in [0.2, 0.25) is 0 Å². The van der Waals surface area contributed by atoms with E-state index in [-0.39, 0.29) is 12.0 Å². The van der Waals surface area contributed by atoms with Crippen LogP contribution in [0, 0.1) is 47.5 Å². The van der Waals surface area contributed by atoms with Crippen LogP contribution < -0.4 is 0 Å². The zero-order valence-corrected chi connectivity index (χ0v) is 17.2. The van der Waals surface area contributed by atoms with Crippen LogP contribution in [0.25, 0.3) is 0 Å². The maximum atomic E-state index is 12.2. The van der Waals surface area contributed by atoms with Crippen molar-refractivity contribution in [3.63, 3.8) is 0 Å². The Labute approximate surface area is 162 Å². The summed E-state index contributed by atoms with van der Waals surface area (Å²) in [7, 11) is 0. The lowest BCUT2D eigenvalue weighted by Gasteiger charge is -2.23. The highest BCUT2D eigenvalue weighted by atomic mass is 16.6. The van der Waals surface area contributed by atoms with Gasteiger partial charge in [-0.1, -0.05) is 35.4 Å². The Kier molecular flexibility index (Phi) is 5.43. The van der Waals surface area contributed by atoms with E-state index < -0.39 is 12.1 Å². The standard InChI is InChI=1S/C24H30O3/c1-13-7-15(3)19(16(4)8-13)11-21-22(27-24(26)23(21)25)12-20-17(5)9-14(2)10-18(20)6/h7-10,21-23,25H,11-12H2,1-6H3/t21?,22-,23+/m1/s1. The van der Waals surface area contributed by atoms with Crippen LogP contribution in [-0.4, -0.2) is 23.3 Å². The first-order valence-corrected chi connectivity index (χ1v) is 9.69. The Morgan fingerprint density at radius 2 is 1.19 bits per heavy atom. The molecule has 3 rings (SSSR count). The molecule has 0 bridgehead atoms. The van der Waals surface area contributed by atoms with Crippen LogP contribution in [0.3, 0.4) is 0 Å². The minimum atomic E-state index is -1.05. The number of aliphatic hydroxyl groups is 1. The normalized spacial score (nSPS) is 22.2. The number of aryl methyl sites for hydroxylation is 6. The Bertz CT molecular complexity index is 835. The predicted octanol–water partition coefficient (Wildman–Crippen LogP) is 4.22. The van der Waals surface area contributed by atoms with Crippen molar-refractivity contribution in [1.29, 1.82) is 0 Å². The molecule has 0 radical (unpaired) electrons.